The van der Waals surface area contributed by atoms with E-state index >= 15 is 0 Å². The number of alkyl halides is 1. The molecule has 2 aliphatic heterocycles. The van der Waals surface area contributed by atoms with E-state index in [1.165, 1.54) is 6.07 Å². The van der Waals surface area contributed by atoms with Crippen molar-refractivity contribution < 1.29 is 27.6 Å². The Morgan fingerprint density at radius 1 is 1.42 bits per heavy atom. The normalized spacial score (nSPS) is 30.9. The summed E-state index contributed by atoms with van der Waals surface area (Å²) in [5.74, 6) is 0.528. The van der Waals surface area contributed by atoms with Crippen LogP contribution >= 0.6 is 0 Å². The van der Waals surface area contributed by atoms with Crippen molar-refractivity contribution in [3.63, 3.8) is 0 Å². The quantitative estimate of drug-likeness (QED) is 0.773. The zero-order chi connectivity index (χ0) is 24.1. The van der Waals surface area contributed by atoms with Crippen LogP contribution in [0.5, 0.6) is 5.75 Å². The molecule has 0 bridgehead atoms. The third kappa shape index (κ3) is 4.21. The molecule has 1 aromatic rings. The molecule has 0 saturated carbocycles. The van der Waals surface area contributed by atoms with Crippen molar-refractivity contribution in [3.05, 3.63) is 28.8 Å². The summed E-state index contributed by atoms with van der Waals surface area (Å²) >= 11 is 0. The maximum Gasteiger partial charge on any atom is 0.125 e. The molecule has 1 unspecified atom stereocenters. The summed E-state index contributed by atoms with van der Waals surface area (Å²) in [6.07, 6.45) is -1.94. The van der Waals surface area contributed by atoms with E-state index in [-0.39, 0.29) is 23.3 Å². The second kappa shape index (κ2) is 8.68. The molecule has 0 aliphatic carbocycles. The van der Waals surface area contributed by atoms with Gasteiger partial charge in [-0.05, 0) is 54.4 Å². The summed E-state index contributed by atoms with van der Waals surface area (Å²) in [5.41, 5.74) is 1.93. The summed E-state index contributed by atoms with van der Waals surface area (Å²) in [6, 6.07) is 3.14. The lowest BCUT2D eigenvalue weighted by Gasteiger charge is -2.46. The van der Waals surface area contributed by atoms with Gasteiger partial charge < -0.3 is 14.9 Å². The van der Waals surface area contributed by atoms with Gasteiger partial charge in [0.1, 0.15) is 5.75 Å². The predicted octanol–water partition coefficient (Wildman–Crippen LogP) is 3.24. The number of hydrogen-bond donors (Lipinski definition) is 2. The van der Waals surface area contributed by atoms with Crippen molar-refractivity contribution in [3.8, 4) is 5.75 Å². The van der Waals surface area contributed by atoms with Gasteiger partial charge in [-0.1, -0.05) is 13.8 Å². The van der Waals surface area contributed by atoms with Crippen molar-refractivity contribution in [1.29, 1.82) is 0 Å². The molecule has 0 spiro atoms. The minimum atomic E-state index is -3.98. The van der Waals surface area contributed by atoms with Crippen LogP contribution in [-0.4, -0.2) is 47.5 Å². The van der Waals surface area contributed by atoms with Gasteiger partial charge >= 0.3 is 0 Å². The smallest absolute Gasteiger partial charge is 0.125 e. The highest BCUT2D eigenvalue weighted by Crippen LogP contribution is 2.42. The van der Waals surface area contributed by atoms with Crippen LogP contribution in [0.1, 0.15) is 64.0 Å². The first-order valence-corrected chi connectivity index (χ1v) is 9.24. The fourth-order valence-electron chi connectivity index (χ4n) is 4.32. The zero-order valence-corrected chi connectivity index (χ0v) is 15.3. The van der Waals surface area contributed by atoms with Gasteiger partial charge in [0.15, 0.2) is 0 Å². The van der Waals surface area contributed by atoms with Crippen molar-refractivity contribution in [2.75, 3.05) is 26.3 Å². The van der Waals surface area contributed by atoms with E-state index < -0.39 is 32.3 Å². The molecule has 4 nitrogen and oxygen atoms in total. The van der Waals surface area contributed by atoms with Crippen LogP contribution in [0.15, 0.2) is 12.1 Å². The van der Waals surface area contributed by atoms with Crippen molar-refractivity contribution >= 4 is 0 Å². The highest BCUT2D eigenvalue weighted by atomic mass is 19.1. The van der Waals surface area contributed by atoms with Crippen LogP contribution in [0.2, 0.25) is 0 Å². The molecule has 1 aromatic carbocycles. The van der Waals surface area contributed by atoms with Crippen LogP contribution in [0.25, 0.3) is 0 Å². The number of fused-ring (bicyclic) bond motifs is 3. The van der Waals surface area contributed by atoms with Crippen LogP contribution < -0.4 is 4.74 Å². The van der Waals surface area contributed by atoms with Crippen molar-refractivity contribution in [2.24, 2.45) is 11.8 Å². The second-order valence-corrected chi connectivity index (χ2v) is 7.69. The lowest BCUT2D eigenvalue weighted by molar-refractivity contribution is -0.0191. The fraction of sp³-hybridized carbons (Fsp3) is 0.714. The average molecular weight is 372 g/mol. The average Bonchev–Trinajstić information content (AvgIpc) is 2.66. The number of halogens is 1. The molecule has 0 radical (unpaired) electrons. The Labute approximate surface area is 164 Å². The van der Waals surface area contributed by atoms with E-state index in [0.29, 0.717) is 18.8 Å². The largest absolute Gasteiger partial charge is 0.493 e. The Bertz CT molecular complexity index is 832. The molecule has 0 aromatic heterocycles. The number of ether oxygens (including phenoxy) is 1. The van der Waals surface area contributed by atoms with E-state index in [1.807, 2.05) is 0 Å². The van der Waals surface area contributed by atoms with Gasteiger partial charge in [-0.15, -0.1) is 0 Å². The van der Waals surface area contributed by atoms with E-state index in [0.717, 1.165) is 30.6 Å². The predicted molar refractivity (Wildman–Crippen MR) is 100 cm³/mol. The van der Waals surface area contributed by atoms with Gasteiger partial charge in [0.05, 0.1) is 31.4 Å². The molecule has 0 amide bonds. The highest BCUT2D eigenvalue weighted by molar-refractivity contribution is 5.45. The Hall–Kier alpha value is -1.17. The molecule has 26 heavy (non-hydrogen) atoms. The first-order chi connectivity index (χ1) is 14.7. The number of piperidine rings is 1. The van der Waals surface area contributed by atoms with Crippen molar-refractivity contribution in [1.82, 2.24) is 4.90 Å². The third-order valence-electron chi connectivity index (χ3n) is 5.47. The Morgan fingerprint density at radius 3 is 2.92 bits per heavy atom. The van der Waals surface area contributed by atoms with E-state index in [9.17, 15) is 14.6 Å². The minimum Gasteiger partial charge on any atom is -0.493 e. The summed E-state index contributed by atoms with van der Waals surface area (Å²) in [4.78, 5) is 2.32. The highest BCUT2D eigenvalue weighted by Gasteiger charge is 2.38. The van der Waals surface area contributed by atoms with Crippen LogP contribution in [0, 0.1) is 11.8 Å². The van der Waals surface area contributed by atoms with Gasteiger partial charge in [-0.3, -0.25) is 9.29 Å². The molecule has 5 heteroatoms. The van der Waals surface area contributed by atoms with Gasteiger partial charge in [-0.2, -0.15) is 0 Å². The van der Waals surface area contributed by atoms with Gasteiger partial charge in [0, 0.05) is 33.8 Å². The van der Waals surface area contributed by atoms with Crippen LogP contribution in [0.4, 0.5) is 4.39 Å². The standard InChI is InChI=1S/C21H32FNO3/c1-14(2)8-16-12-23-6-4-15-10-21(26-7-3-5-22)17(13-24)9-18(15)19(23)11-20(16)25/h9-10,14,16,19-20,24-25H,3-8,11-13H2,1-2H3/t16-,19?,20-/m1/s1/i3D2,5D2,7D2. The number of rotatable bonds is 7. The van der Waals surface area contributed by atoms with E-state index in [1.54, 1.807) is 6.07 Å². The number of aliphatic hydroxyl groups is 2. The summed E-state index contributed by atoms with van der Waals surface area (Å²) in [5, 5.41) is 20.6. The van der Waals surface area contributed by atoms with Gasteiger partial charge in [0.25, 0.3) is 0 Å². The Kier molecular flexibility index (Phi) is 4.37. The van der Waals surface area contributed by atoms with E-state index in [2.05, 4.69) is 18.7 Å². The minimum absolute atomic E-state index is 0.0558. The Morgan fingerprint density at radius 2 is 2.23 bits per heavy atom. The lowest BCUT2D eigenvalue weighted by atomic mass is 9.79. The molecule has 2 aliphatic rings. The third-order valence-corrected chi connectivity index (χ3v) is 5.47. The maximum atomic E-state index is 13.7. The molecule has 2 heterocycles. The summed E-state index contributed by atoms with van der Waals surface area (Å²) in [6.45, 7) is -2.05. The summed E-state index contributed by atoms with van der Waals surface area (Å²) in [7, 11) is 0. The summed E-state index contributed by atoms with van der Waals surface area (Å²) < 4.78 is 63.7. The topological polar surface area (TPSA) is 52.9 Å². The molecular weight excluding hydrogens is 333 g/mol. The first kappa shape index (κ1) is 13.1. The molecule has 146 valence electrons. The fourth-order valence-corrected chi connectivity index (χ4v) is 4.32. The van der Waals surface area contributed by atoms with Crippen molar-refractivity contribution in [2.45, 2.75) is 58.2 Å². The molecule has 3 atom stereocenters. The molecule has 3 rings (SSSR count). The number of nitrogens with zero attached hydrogens (tertiary/aromatic N) is 1. The lowest BCUT2D eigenvalue weighted by Crippen LogP contribution is -2.48. The zero-order valence-electron chi connectivity index (χ0n) is 21.3. The molecule has 1 fully saturated rings. The van der Waals surface area contributed by atoms with E-state index in [4.69, 9.17) is 13.0 Å². The number of aliphatic hydroxyl groups excluding tert-OH is 2. The second-order valence-electron chi connectivity index (χ2n) is 7.69. The van der Waals surface area contributed by atoms with Gasteiger partial charge in [0.2, 0.25) is 0 Å². The molecule has 1 saturated heterocycles. The molecule has 2 N–H and O–H groups in total. The van der Waals surface area contributed by atoms with Crippen LogP contribution in [0.3, 0.4) is 0 Å². The first-order valence-electron chi connectivity index (χ1n) is 12.2. The number of hydrogen-bond acceptors (Lipinski definition) is 4. The van der Waals surface area contributed by atoms with Gasteiger partial charge in [-0.25, -0.2) is 0 Å². The molecular formula is C21H32FNO3. The number of benzene rings is 1. The SMILES string of the molecule is [2H]C([2H])(F)C([2H])([2H])C([2H])([2H])Oc1cc2c(cc1CO)C1C[C@@H](O)[C@H](CC(C)C)CN1CC2. The van der Waals surface area contributed by atoms with Crippen LogP contribution in [-0.2, 0) is 13.0 Å². The Balaban J connectivity index is 1.90. The maximum absolute atomic E-state index is 13.7. The monoisotopic (exact) mass is 371 g/mol.